The average molecular weight is 345 g/mol. The molecule has 3 aliphatic rings. The molecule has 4 rings (SSSR count). The van der Waals surface area contributed by atoms with Gasteiger partial charge in [-0.15, -0.1) is 0 Å². The third-order valence-electron chi connectivity index (χ3n) is 5.18. The Balaban J connectivity index is 1.56. The number of para-hydroxylation sites is 1. The second-order valence-corrected chi connectivity index (χ2v) is 6.59. The minimum absolute atomic E-state index is 0.0351. The summed E-state index contributed by atoms with van der Waals surface area (Å²) in [6.45, 7) is 1.96. The number of ether oxygens (including phenoxy) is 4. The van der Waals surface area contributed by atoms with Gasteiger partial charge in [0.15, 0.2) is 0 Å². The molecule has 7 nitrogen and oxygen atoms in total. The fraction of sp³-hybridized carbons (Fsp3) is 0.444. The van der Waals surface area contributed by atoms with E-state index in [1.54, 1.807) is 24.3 Å². The zero-order chi connectivity index (χ0) is 17.6. The van der Waals surface area contributed by atoms with E-state index in [2.05, 4.69) is 5.32 Å². The topological polar surface area (TPSA) is 86.4 Å². The minimum Gasteiger partial charge on any atom is -0.461 e. The fourth-order valence-electron chi connectivity index (χ4n) is 3.84. The normalized spacial score (nSPS) is 34.7. The summed E-state index contributed by atoms with van der Waals surface area (Å²) in [5, 5.41) is 2.41. The summed E-state index contributed by atoms with van der Waals surface area (Å²) in [5.74, 6) is -0.370. The highest BCUT2D eigenvalue weighted by Gasteiger charge is 2.71. The van der Waals surface area contributed by atoms with E-state index < -0.39 is 24.0 Å². The molecule has 0 aromatic heterocycles. The number of nitrogens with one attached hydrogen (secondary N) is 1. The lowest BCUT2D eigenvalue weighted by Crippen LogP contribution is -2.44. The van der Waals surface area contributed by atoms with Gasteiger partial charge in [0, 0.05) is 13.0 Å². The Labute approximate surface area is 144 Å². The van der Waals surface area contributed by atoms with Crippen LogP contribution < -0.4 is 10.1 Å². The van der Waals surface area contributed by atoms with Crippen LogP contribution in [0.1, 0.15) is 13.3 Å². The number of carbonyl (C=O) groups is 2. The van der Waals surface area contributed by atoms with Crippen LogP contribution in [-0.2, 0) is 19.0 Å². The monoisotopic (exact) mass is 345 g/mol. The Kier molecular flexibility index (Phi) is 3.68. The van der Waals surface area contributed by atoms with Gasteiger partial charge in [0.25, 0.3) is 6.29 Å². The summed E-state index contributed by atoms with van der Waals surface area (Å²) in [4.78, 5) is 24.2. The number of epoxide rings is 1. The molecule has 1 saturated heterocycles. The van der Waals surface area contributed by atoms with E-state index in [4.69, 9.17) is 18.9 Å². The maximum Gasteiger partial charge on any atom is 0.409 e. The molecule has 0 radical (unpaired) electrons. The number of amides is 1. The van der Waals surface area contributed by atoms with Crippen molar-refractivity contribution in [2.45, 2.75) is 31.3 Å². The number of rotatable bonds is 3. The summed E-state index contributed by atoms with van der Waals surface area (Å²) in [7, 11) is 1.48. The van der Waals surface area contributed by atoms with Gasteiger partial charge in [-0.25, -0.2) is 9.59 Å². The van der Waals surface area contributed by atoms with Crippen LogP contribution in [0.2, 0.25) is 0 Å². The van der Waals surface area contributed by atoms with E-state index in [1.165, 1.54) is 13.3 Å². The van der Waals surface area contributed by atoms with Crippen LogP contribution in [0.4, 0.5) is 4.79 Å². The summed E-state index contributed by atoms with van der Waals surface area (Å²) in [6.07, 6.45) is 0.686. The van der Waals surface area contributed by atoms with Gasteiger partial charge in [0.2, 0.25) is 0 Å². The van der Waals surface area contributed by atoms with Gasteiger partial charge < -0.3 is 24.3 Å². The number of benzene rings is 1. The highest BCUT2D eigenvalue weighted by Crippen LogP contribution is 2.61. The van der Waals surface area contributed by atoms with E-state index >= 15 is 0 Å². The smallest absolute Gasteiger partial charge is 0.409 e. The van der Waals surface area contributed by atoms with Crippen LogP contribution in [0, 0.1) is 11.8 Å². The van der Waals surface area contributed by atoms with Crippen molar-refractivity contribution in [3.05, 3.63) is 42.2 Å². The molecule has 1 aliphatic carbocycles. The first-order valence-corrected chi connectivity index (χ1v) is 8.22. The molecule has 0 unspecified atom stereocenters. The van der Waals surface area contributed by atoms with Crippen LogP contribution in [0.15, 0.2) is 42.2 Å². The third kappa shape index (κ3) is 2.64. The summed E-state index contributed by atoms with van der Waals surface area (Å²) in [5.41, 5.74) is -0.00164. The number of hydrogen-bond donors (Lipinski definition) is 1. The summed E-state index contributed by atoms with van der Waals surface area (Å²) in [6, 6.07) is 8.87. The third-order valence-corrected chi connectivity index (χ3v) is 5.18. The molecular formula is C18H19NO6. The van der Waals surface area contributed by atoms with E-state index in [1.807, 2.05) is 13.0 Å². The van der Waals surface area contributed by atoms with E-state index in [9.17, 15) is 9.59 Å². The molecule has 1 N–H and O–H groups in total. The number of alkyl carbamates (subject to hydrolysis) is 1. The van der Waals surface area contributed by atoms with Gasteiger partial charge in [-0.3, -0.25) is 0 Å². The first-order valence-electron chi connectivity index (χ1n) is 8.22. The van der Waals surface area contributed by atoms with Crippen molar-refractivity contribution in [1.82, 2.24) is 5.32 Å². The molecule has 7 heteroatoms. The Morgan fingerprint density at radius 1 is 1.28 bits per heavy atom. The standard InChI is InChI=1S/C18H19NO6/c1-18-13(25-18)8-11-12(15(20)23-10-6-4-3-5-7-10)9-22-16(14(11)18)24-17(21)19-2/h3-7,9,11,13-14,16H,8H2,1-2H3,(H,19,21)/t11-,13+,14+,16+,18+/m1/s1. The molecular weight excluding hydrogens is 326 g/mol. The van der Waals surface area contributed by atoms with Crippen molar-refractivity contribution in [3.8, 4) is 5.75 Å². The zero-order valence-electron chi connectivity index (χ0n) is 13.9. The van der Waals surface area contributed by atoms with Gasteiger partial charge in [-0.2, -0.15) is 0 Å². The lowest BCUT2D eigenvalue weighted by Gasteiger charge is -2.35. The van der Waals surface area contributed by atoms with Crippen LogP contribution in [0.5, 0.6) is 5.75 Å². The van der Waals surface area contributed by atoms with Crippen LogP contribution in [-0.4, -0.2) is 37.1 Å². The van der Waals surface area contributed by atoms with Gasteiger partial charge in [0.05, 0.1) is 23.9 Å². The fourth-order valence-corrected chi connectivity index (χ4v) is 3.84. The van der Waals surface area contributed by atoms with Crippen LogP contribution in [0.3, 0.4) is 0 Å². The number of hydrogen-bond acceptors (Lipinski definition) is 6. The average Bonchev–Trinajstić information content (AvgIpc) is 3.16. The molecule has 2 heterocycles. The summed E-state index contributed by atoms with van der Waals surface area (Å²) >= 11 is 0. The van der Waals surface area contributed by atoms with Crippen LogP contribution >= 0.6 is 0 Å². The SMILES string of the molecule is CNC(=O)O[C@@H]1OC=C(C(=O)Oc2ccccc2)[C@H]2C[C@@H]3O[C@]3(C)[C@H]12. The number of esters is 1. The van der Waals surface area contributed by atoms with Gasteiger partial charge >= 0.3 is 12.1 Å². The predicted octanol–water partition coefficient (Wildman–Crippen LogP) is 1.98. The quantitative estimate of drug-likeness (QED) is 0.512. The highest BCUT2D eigenvalue weighted by atomic mass is 16.7. The maximum atomic E-state index is 12.6. The van der Waals surface area contributed by atoms with E-state index in [0.717, 1.165) is 0 Å². The lowest BCUT2D eigenvalue weighted by atomic mass is 9.82. The van der Waals surface area contributed by atoms with Gasteiger partial charge in [-0.05, 0) is 25.5 Å². The molecule has 1 aromatic rings. The van der Waals surface area contributed by atoms with Gasteiger partial charge in [0.1, 0.15) is 11.4 Å². The molecule has 2 fully saturated rings. The number of carbonyl (C=O) groups excluding carboxylic acids is 2. The predicted molar refractivity (Wildman–Crippen MR) is 85.4 cm³/mol. The molecule has 25 heavy (non-hydrogen) atoms. The molecule has 0 spiro atoms. The molecule has 5 atom stereocenters. The highest BCUT2D eigenvalue weighted by molar-refractivity contribution is 5.91. The van der Waals surface area contributed by atoms with Crippen LogP contribution in [0.25, 0.3) is 0 Å². The van der Waals surface area contributed by atoms with Crippen molar-refractivity contribution in [2.24, 2.45) is 11.8 Å². The molecule has 1 saturated carbocycles. The molecule has 1 amide bonds. The molecule has 1 aromatic carbocycles. The maximum absolute atomic E-state index is 12.6. The lowest BCUT2D eigenvalue weighted by molar-refractivity contribution is -0.147. The minimum atomic E-state index is -0.796. The Bertz CT molecular complexity index is 732. The van der Waals surface area contributed by atoms with Crippen molar-refractivity contribution in [1.29, 1.82) is 0 Å². The van der Waals surface area contributed by atoms with E-state index in [-0.39, 0.29) is 17.9 Å². The summed E-state index contributed by atoms with van der Waals surface area (Å²) < 4.78 is 22.1. The molecule has 0 bridgehead atoms. The first kappa shape index (κ1) is 16.0. The Hall–Kier alpha value is -2.54. The van der Waals surface area contributed by atoms with Crippen molar-refractivity contribution in [3.63, 3.8) is 0 Å². The van der Waals surface area contributed by atoms with Crippen molar-refractivity contribution < 1.29 is 28.5 Å². The first-order chi connectivity index (χ1) is 12.0. The van der Waals surface area contributed by atoms with Crippen molar-refractivity contribution in [2.75, 3.05) is 7.05 Å². The Morgan fingerprint density at radius 3 is 2.76 bits per heavy atom. The Morgan fingerprint density at radius 2 is 2.04 bits per heavy atom. The zero-order valence-corrected chi connectivity index (χ0v) is 13.9. The largest absolute Gasteiger partial charge is 0.461 e. The van der Waals surface area contributed by atoms with E-state index in [0.29, 0.717) is 17.7 Å². The number of fused-ring (bicyclic) bond motifs is 3. The van der Waals surface area contributed by atoms with Crippen molar-refractivity contribution >= 4 is 12.1 Å². The second kappa shape index (κ2) is 5.77. The molecule has 2 aliphatic heterocycles. The molecule has 132 valence electrons. The van der Waals surface area contributed by atoms with Gasteiger partial charge in [-0.1, -0.05) is 18.2 Å². The second-order valence-electron chi connectivity index (χ2n) is 6.59.